The fourth-order valence-corrected chi connectivity index (χ4v) is 5.08. The molecule has 0 aliphatic carbocycles. The second-order valence-electron chi connectivity index (χ2n) is 8.92. The van der Waals surface area contributed by atoms with Crippen molar-refractivity contribution in [2.45, 2.75) is 19.9 Å². The highest BCUT2D eigenvalue weighted by Crippen LogP contribution is 2.43. The summed E-state index contributed by atoms with van der Waals surface area (Å²) >= 11 is 6.25. The summed E-state index contributed by atoms with van der Waals surface area (Å²) in [5, 5.41) is 18.4. The van der Waals surface area contributed by atoms with Crippen molar-refractivity contribution >= 4 is 45.9 Å². The number of nitrogens with one attached hydrogen (secondary N) is 2. The SMILES string of the molecule is CCOc1ccc(C2C(C(=O)Nc3cc(OC)c(Cl)cc3OC)=C(C)Nc3nc4ccccc4n32)cc1[N+](=O)[O-]. The van der Waals surface area contributed by atoms with E-state index < -0.39 is 16.9 Å². The Morgan fingerprint density at radius 3 is 2.58 bits per heavy atom. The van der Waals surface area contributed by atoms with Crippen LogP contribution in [0.15, 0.2) is 65.9 Å². The maximum atomic E-state index is 14.0. The van der Waals surface area contributed by atoms with Gasteiger partial charge in [-0.3, -0.25) is 19.5 Å². The molecule has 5 rings (SSSR count). The average Bonchev–Trinajstić information content (AvgIpc) is 3.31. The Hall–Kier alpha value is -4.77. The van der Waals surface area contributed by atoms with Gasteiger partial charge in [0.2, 0.25) is 5.95 Å². The lowest BCUT2D eigenvalue weighted by atomic mass is 9.93. The zero-order valence-electron chi connectivity index (χ0n) is 22.1. The van der Waals surface area contributed by atoms with E-state index in [2.05, 4.69) is 10.6 Å². The summed E-state index contributed by atoms with van der Waals surface area (Å²) in [6.07, 6.45) is 0. The number of fused-ring (bicyclic) bond motifs is 3. The minimum Gasteiger partial charge on any atom is -0.495 e. The first-order chi connectivity index (χ1) is 19.3. The van der Waals surface area contributed by atoms with Crippen molar-refractivity contribution in [3.05, 3.63) is 86.6 Å². The van der Waals surface area contributed by atoms with Crippen LogP contribution < -0.4 is 24.8 Å². The van der Waals surface area contributed by atoms with Crippen molar-refractivity contribution in [3.63, 3.8) is 0 Å². The van der Waals surface area contributed by atoms with Gasteiger partial charge in [-0.2, -0.15) is 0 Å². The van der Waals surface area contributed by atoms with Crippen LogP contribution in [0, 0.1) is 10.1 Å². The fraction of sp³-hybridized carbons (Fsp3) is 0.214. The molecule has 1 aliphatic heterocycles. The molecule has 1 atom stereocenters. The molecule has 40 heavy (non-hydrogen) atoms. The Morgan fingerprint density at radius 2 is 1.88 bits per heavy atom. The number of carbonyl (C=O) groups excluding carboxylic acids is 1. The van der Waals surface area contributed by atoms with Crippen molar-refractivity contribution in [1.82, 2.24) is 9.55 Å². The average molecular weight is 564 g/mol. The third kappa shape index (κ3) is 4.64. The topological polar surface area (TPSA) is 130 Å². The van der Waals surface area contributed by atoms with Crippen molar-refractivity contribution < 1.29 is 23.9 Å². The van der Waals surface area contributed by atoms with Crippen molar-refractivity contribution in [2.75, 3.05) is 31.5 Å². The molecule has 0 saturated heterocycles. The van der Waals surface area contributed by atoms with E-state index in [4.69, 9.17) is 30.8 Å². The lowest BCUT2D eigenvalue weighted by Gasteiger charge is -2.31. The van der Waals surface area contributed by atoms with Crippen LogP contribution in [0.2, 0.25) is 5.02 Å². The number of amides is 1. The van der Waals surface area contributed by atoms with Crippen LogP contribution in [0.5, 0.6) is 17.2 Å². The van der Waals surface area contributed by atoms with E-state index in [9.17, 15) is 14.9 Å². The lowest BCUT2D eigenvalue weighted by molar-refractivity contribution is -0.385. The van der Waals surface area contributed by atoms with E-state index in [1.165, 1.54) is 20.3 Å². The van der Waals surface area contributed by atoms with Crippen molar-refractivity contribution in [2.24, 2.45) is 0 Å². The van der Waals surface area contributed by atoms with Gasteiger partial charge in [0.1, 0.15) is 11.5 Å². The molecule has 11 nitrogen and oxygen atoms in total. The highest BCUT2D eigenvalue weighted by atomic mass is 35.5. The largest absolute Gasteiger partial charge is 0.495 e. The second kappa shape index (κ2) is 10.8. The minimum atomic E-state index is -0.766. The van der Waals surface area contributed by atoms with Gasteiger partial charge in [-0.05, 0) is 37.6 Å². The first-order valence-electron chi connectivity index (χ1n) is 12.4. The number of hydrogen-bond donors (Lipinski definition) is 2. The van der Waals surface area contributed by atoms with Crippen LogP contribution in [0.4, 0.5) is 17.3 Å². The molecular weight excluding hydrogens is 538 g/mol. The third-order valence-electron chi connectivity index (χ3n) is 6.59. The molecule has 1 aromatic heterocycles. The third-order valence-corrected chi connectivity index (χ3v) is 6.89. The number of aromatic nitrogens is 2. The summed E-state index contributed by atoms with van der Waals surface area (Å²) in [5.41, 5.74) is 2.94. The lowest BCUT2D eigenvalue weighted by Crippen LogP contribution is -2.31. The Morgan fingerprint density at radius 1 is 1.12 bits per heavy atom. The number of methoxy groups -OCH3 is 2. The van der Waals surface area contributed by atoms with Crippen LogP contribution in [-0.4, -0.2) is 41.2 Å². The Bertz CT molecular complexity index is 1680. The number of anilines is 2. The number of nitro groups is 1. The van der Waals surface area contributed by atoms with E-state index in [0.717, 1.165) is 5.52 Å². The monoisotopic (exact) mass is 563 g/mol. The smallest absolute Gasteiger partial charge is 0.311 e. The summed E-state index contributed by atoms with van der Waals surface area (Å²) in [4.78, 5) is 30.2. The molecule has 0 radical (unpaired) electrons. The molecule has 0 saturated carbocycles. The van der Waals surface area contributed by atoms with Gasteiger partial charge in [0.05, 0.1) is 59.1 Å². The number of hydrogen-bond acceptors (Lipinski definition) is 8. The maximum absolute atomic E-state index is 14.0. The minimum absolute atomic E-state index is 0.144. The maximum Gasteiger partial charge on any atom is 0.311 e. The number of allylic oxidation sites excluding steroid dienone is 1. The van der Waals surface area contributed by atoms with Gasteiger partial charge in [0.15, 0.2) is 5.75 Å². The van der Waals surface area contributed by atoms with Crippen LogP contribution >= 0.6 is 11.6 Å². The Labute approximate surface area is 234 Å². The molecule has 1 amide bonds. The number of rotatable bonds is 8. The summed E-state index contributed by atoms with van der Waals surface area (Å²) in [5.74, 6) is 0.876. The van der Waals surface area contributed by atoms with Crippen LogP contribution in [-0.2, 0) is 4.79 Å². The molecule has 0 fully saturated rings. The van der Waals surface area contributed by atoms with Crippen molar-refractivity contribution in [1.29, 1.82) is 0 Å². The highest BCUT2D eigenvalue weighted by Gasteiger charge is 2.35. The van der Waals surface area contributed by atoms with E-state index in [-0.39, 0.29) is 18.0 Å². The highest BCUT2D eigenvalue weighted by molar-refractivity contribution is 6.32. The van der Waals surface area contributed by atoms with Gasteiger partial charge in [0.25, 0.3) is 5.91 Å². The van der Waals surface area contributed by atoms with E-state index >= 15 is 0 Å². The van der Waals surface area contributed by atoms with Crippen LogP contribution in [0.3, 0.4) is 0 Å². The number of para-hydroxylation sites is 2. The molecule has 0 bridgehead atoms. The molecule has 2 heterocycles. The van der Waals surface area contributed by atoms with Gasteiger partial charge >= 0.3 is 5.69 Å². The predicted octanol–water partition coefficient (Wildman–Crippen LogP) is 5.94. The molecule has 3 aromatic carbocycles. The number of nitrogens with zero attached hydrogens (tertiary/aromatic N) is 3. The van der Waals surface area contributed by atoms with E-state index in [0.29, 0.717) is 50.5 Å². The summed E-state index contributed by atoms with van der Waals surface area (Å²) < 4.78 is 18.1. The molecule has 1 aliphatic rings. The molecule has 206 valence electrons. The predicted molar refractivity (Wildman–Crippen MR) is 152 cm³/mol. The number of carbonyl (C=O) groups is 1. The van der Waals surface area contributed by atoms with Gasteiger partial charge in [0, 0.05) is 23.9 Å². The summed E-state index contributed by atoms with van der Waals surface area (Å²) in [6, 6.07) is 14.5. The normalized spacial score (nSPS) is 14.4. The molecule has 12 heteroatoms. The molecule has 0 spiro atoms. The molecule has 4 aromatic rings. The number of imidazole rings is 1. The zero-order valence-corrected chi connectivity index (χ0v) is 22.9. The standard InChI is InChI=1S/C28H26ClN5O6/c1-5-40-22-11-10-16(12-21(22)34(36)37)26-25(15(2)30-28-32-18-8-6-7-9-20(18)33(26)28)27(35)31-19-14-23(38-3)17(29)13-24(19)39-4/h6-14,26H,5H2,1-4H3,(H,30,32)(H,31,35). The number of ether oxygens (including phenoxy) is 3. The number of nitro benzene ring substituents is 1. The number of halogens is 1. The fourth-order valence-electron chi connectivity index (χ4n) is 4.85. The van der Waals surface area contributed by atoms with Crippen molar-refractivity contribution in [3.8, 4) is 17.2 Å². The second-order valence-corrected chi connectivity index (χ2v) is 9.33. The van der Waals surface area contributed by atoms with Crippen LogP contribution in [0.25, 0.3) is 11.0 Å². The van der Waals surface area contributed by atoms with E-state index in [1.54, 1.807) is 38.1 Å². The zero-order chi connectivity index (χ0) is 28.6. The number of benzene rings is 3. The summed E-state index contributed by atoms with van der Waals surface area (Å²) in [6.45, 7) is 3.78. The van der Waals surface area contributed by atoms with Gasteiger partial charge < -0.3 is 24.8 Å². The molecular formula is C28H26ClN5O6. The Balaban J connectivity index is 1.68. The van der Waals surface area contributed by atoms with Gasteiger partial charge in [-0.15, -0.1) is 0 Å². The summed E-state index contributed by atoms with van der Waals surface area (Å²) in [7, 11) is 2.93. The molecule has 1 unspecified atom stereocenters. The van der Waals surface area contributed by atoms with E-state index in [1.807, 2.05) is 28.8 Å². The van der Waals surface area contributed by atoms with Gasteiger partial charge in [-0.25, -0.2) is 4.98 Å². The Kier molecular flexibility index (Phi) is 7.22. The van der Waals surface area contributed by atoms with Crippen LogP contribution in [0.1, 0.15) is 25.5 Å². The first kappa shape index (κ1) is 26.8. The molecule has 2 N–H and O–H groups in total. The first-order valence-corrected chi connectivity index (χ1v) is 12.7. The quantitative estimate of drug-likeness (QED) is 0.199. The van der Waals surface area contributed by atoms with Gasteiger partial charge in [-0.1, -0.05) is 29.8 Å².